The molecule has 1 saturated carbocycles. The van der Waals surface area contributed by atoms with Crippen LogP contribution >= 0.6 is 0 Å². The molecule has 9 nitrogen and oxygen atoms in total. The first kappa shape index (κ1) is 25.9. The van der Waals surface area contributed by atoms with Gasteiger partial charge in [-0.05, 0) is 56.9 Å². The number of ether oxygens (including phenoxy) is 3. The zero-order chi connectivity index (χ0) is 24.9. The summed E-state index contributed by atoms with van der Waals surface area (Å²) in [6.07, 6.45) is 3.87. The maximum atomic E-state index is 10.3. The number of nitrogens with zero attached hydrogens (tertiary/aromatic N) is 2. The van der Waals surface area contributed by atoms with Crippen molar-refractivity contribution in [1.82, 2.24) is 4.98 Å². The van der Waals surface area contributed by atoms with Gasteiger partial charge < -0.3 is 19.3 Å². The van der Waals surface area contributed by atoms with Crippen LogP contribution in [0.5, 0.6) is 17.4 Å². The Morgan fingerprint density at radius 1 is 1.09 bits per heavy atom. The predicted molar refractivity (Wildman–Crippen MR) is 129 cm³/mol. The van der Waals surface area contributed by atoms with E-state index in [9.17, 15) is 13.5 Å². The van der Waals surface area contributed by atoms with Crippen LogP contribution in [0.1, 0.15) is 55.7 Å². The van der Waals surface area contributed by atoms with Crippen LogP contribution < -0.4 is 14.2 Å². The second kappa shape index (κ2) is 11.2. The number of benzene rings is 1. The molecule has 0 saturated heterocycles. The largest absolute Gasteiger partial charge is 0.493 e. The summed E-state index contributed by atoms with van der Waals surface area (Å²) in [5.74, 6) is 1.97. The van der Waals surface area contributed by atoms with Crippen LogP contribution in [-0.2, 0) is 10.1 Å². The van der Waals surface area contributed by atoms with Gasteiger partial charge in [0, 0.05) is 29.3 Å². The van der Waals surface area contributed by atoms with Crippen LogP contribution in [0, 0.1) is 0 Å². The number of methoxy groups -OCH3 is 2. The number of rotatable bonds is 6. The van der Waals surface area contributed by atoms with Gasteiger partial charge in [0.05, 0.1) is 44.4 Å². The van der Waals surface area contributed by atoms with E-state index in [0.717, 1.165) is 41.0 Å². The maximum absolute atomic E-state index is 10.3. The molecule has 0 unspecified atom stereocenters. The van der Waals surface area contributed by atoms with Crippen LogP contribution in [0.4, 0.5) is 0 Å². The Labute approximate surface area is 200 Å². The highest BCUT2D eigenvalue weighted by molar-refractivity contribution is 7.85. The highest BCUT2D eigenvalue weighted by Crippen LogP contribution is 2.44. The molecule has 1 fully saturated rings. The van der Waals surface area contributed by atoms with Crippen molar-refractivity contribution in [1.29, 1.82) is 0 Å². The van der Waals surface area contributed by atoms with Gasteiger partial charge in [0.1, 0.15) is 0 Å². The molecule has 2 aliphatic rings. The highest BCUT2D eigenvalue weighted by Gasteiger charge is 2.37. The first-order chi connectivity index (χ1) is 16.2. The lowest BCUT2D eigenvalue weighted by Crippen LogP contribution is -2.34. The van der Waals surface area contributed by atoms with Crippen molar-refractivity contribution in [3.63, 3.8) is 0 Å². The Hall–Kier alpha value is -2.69. The lowest BCUT2D eigenvalue weighted by atomic mass is 9.74. The van der Waals surface area contributed by atoms with E-state index in [-0.39, 0.29) is 23.8 Å². The molecule has 1 aliphatic carbocycles. The summed E-state index contributed by atoms with van der Waals surface area (Å²) in [7, 11) is -0.413. The van der Waals surface area contributed by atoms with Gasteiger partial charge in [0.25, 0.3) is 10.1 Å². The molecule has 186 valence electrons. The van der Waals surface area contributed by atoms with Gasteiger partial charge >= 0.3 is 0 Å². The Morgan fingerprint density at radius 3 is 2.38 bits per heavy atom. The van der Waals surface area contributed by atoms with Gasteiger partial charge in [0.2, 0.25) is 5.88 Å². The normalized spacial score (nSPS) is 21.2. The summed E-state index contributed by atoms with van der Waals surface area (Å²) in [6, 6.07) is 8.05. The van der Waals surface area contributed by atoms with Crippen LogP contribution in [0.15, 0.2) is 35.5 Å². The topological polar surface area (TPSA) is 128 Å². The van der Waals surface area contributed by atoms with E-state index in [1.54, 1.807) is 20.4 Å². The Kier molecular flexibility index (Phi) is 8.51. The molecule has 1 aromatic carbocycles. The molecular weight excluding hydrogens is 460 g/mol. The number of aliphatic hydroxyl groups excluding tert-OH is 1. The molecule has 34 heavy (non-hydrogen) atoms. The summed E-state index contributed by atoms with van der Waals surface area (Å²) in [4.78, 5) is 9.44. The van der Waals surface area contributed by atoms with Crippen molar-refractivity contribution in [3.8, 4) is 17.4 Å². The molecular formula is C24H32N2O7S. The fraction of sp³-hybridized carbons (Fsp3) is 0.500. The number of aliphatic hydroxyl groups is 1. The second-order valence-corrected chi connectivity index (χ2v) is 9.84. The first-order valence-electron chi connectivity index (χ1n) is 11.3. The average Bonchev–Trinajstić information content (AvgIpc) is 2.83. The van der Waals surface area contributed by atoms with Crippen molar-refractivity contribution in [2.45, 2.75) is 51.2 Å². The van der Waals surface area contributed by atoms with Gasteiger partial charge in [0.15, 0.2) is 11.5 Å². The minimum absolute atomic E-state index is 0.149. The monoisotopic (exact) mass is 492 g/mol. The van der Waals surface area contributed by atoms with Gasteiger partial charge in [-0.15, -0.1) is 0 Å². The highest BCUT2D eigenvalue weighted by atomic mass is 32.2. The second-order valence-electron chi connectivity index (χ2n) is 8.10. The lowest BCUT2D eigenvalue weighted by molar-refractivity contribution is 0.111. The zero-order valence-corrected chi connectivity index (χ0v) is 20.7. The number of pyridine rings is 1. The summed E-state index contributed by atoms with van der Waals surface area (Å²) in [6.45, 7) is 3.90. The summed E-state index contributed by atoms with van der Waals surface area (Å²) >= 11 is 0. The molecule has 2 N–H and O–H groups in total. The molecule has 10 heteroatoms. The first-order valence-corrected chi connectivity index (χ1v) is 12.9. The third kappa shape index (κ3) is 6.05. The number of hydrogen-bond donors (Lipinski definition) is 2. The van der Waals surface area contributed by atoms with E-state index < -0.39 is 10.1 Å². The predicted octanol–water partition coefficient (Wildman–Crippen LogP) is 3.24. The van der Waals surface area contributed by atoms with Crippen molar-refractivity contribution in [2.24, 2.45) is 4.99 Å². The molecule has 1 aliphatic heterocycles. The molecule has 0 spiro atoms. The molecule has 0 bridgehead atoms. The van der Waals surface area contributed by atoms with Crippen molar-refractivity contribution >= 4 is 15.8 Å². The van der Waals surface area contributed by atoms with Gasteiger partial charge in [-0.2, -0.15) is 8.42 Å². The van der Waals surface area contributed by atoms with Crippen LogP contribution in [0.25, 0.3) is 0 Å². The van der Waals surface area contributed by atoms with E-state index >= 15 is 0 Å². The molecule has 2 aromatic rings. The molecule has 2 heterocycles. The SMILES string of the molecule is CCOc1cc2c(cc1OC)C(c1ccc(OC)nc1)=N[C@@H]1CC[C@@H](O)C[C@H]21.CCS(=O)(=O)O. The molecule has 3 atom stereocenters. The minimum atomic E-state index is -3.66. The molecule has 0 radical (unpaired) electrons. The summed E-state index contributed by atoms with van der Waals surface area (Å²) in [5.41, 5.74) is 4.03. The van der Waals surface area contributed by atoms with E-state index in [4.69, 9.17) is 23.8 Å². The summed E-state index contributed by atoms with van der Waals surface area (Å²) < 4.78 is 43.5. The number of aliphatic imine (C=N–C) groups is 1. The quantitative estimate of drug-likeness (QED) is 0.589. The van der Waals surface area contributed by atoms with E-state index in [0.29, 0.717) is 24.7 Å². The fourth-order valence-electron chi connectivity index (χ4n) is 4.24. The molecule has 0 amide bonds. The lowest BCUT2D eigenvalue weighted by Gasteiger charge is -2.37. The van der Waals surface area contributed by atoms with Crippen molar-refractivity contribution in [2.75, 3.05) is 26.6 Å². The maximum Gasteiger partial charge on any atom is 0.264 e. The van der Waals surface area contributed by atoms with Gasteiger partial charge in [-0.1, -0.05) is 0 Å². The Bertz CT molecular complexity index is 1120. The number of aromatic nitrogens is 1. The Balaban J connectivity index is 0.000000481. The average molecular weight is 493 g/mol. The van der Waals surface area contributed by atoms with Gasteiger partial charge in [-0.3, -0.25) is 9.55 Å². The van der Waals surface area contributed by atoms with Crippen molar-refractivity contribution < 1.29 is 32.3 Å². The van der Waals surface area contributed by atoms with Crippen molar-refractivity contribution in [3.05, 3.63) is 47.2 Å². The van der Waals surface area contributed by atoms with Crippen LogP contribution in [-0.4, -0.2) is 67.5 Å². The zero-order valence-electron chi connectivity index (χ0n) is 19.9. The third-order valence-corrected chi connectivity index (χ3v) is 6.68. The minimum Gasteiger partial charge on any atom is -0.493 e. The van der Waals surface area contributed by atoms with Crippen LogP contribution in [0.3, 0.4) is 0 Å². The van der Waals surface area contributed by atoms with E-state index in [1.807, 2.05) is 25.1 Å². The Morgan fingerprint density at radius 2 is 1.82 bits per heavy atom. The smallest absolute Gasteiger partial charge is 0.264 e. The number of hydrogen-bond acceptors (Lipinski definition) is 8. The fourth-order valence-corrected chi connectivity index (χ4v) is 4.24. The molecule has 1 aromatic heterocycles. The third-order valence-electron chi connectivity index (χ3n) is 5.96. The standard InChI is InChI=1S/C22H26N2O4.C2H6O3S/c1-4-28-20-10-15-16-9-14(25)6-7-18(16)24-22(17(15)11-19(20)26-2)13-5-8-21(27-3)23-12-13;1-2-6(3,4)5/h5,8,10-12,14,16,18,25H,4,6-7,9H2,1-3H3;2H2,1H3,(H,3,4,5)/t14-,16-,18-;/m1./s1. The van der Waals surface area contributed by atoms with Crippen LogP contribution in [0.2, 0.25) is 0 Å². The van der Waals surface area contributed by atoms with Gasteiger partial charge in [-0.25, -0.2) is 4.98 Å². The molecule has 4 rings (SSSR count). The van der Waals surface area contributed by atoms with E-state index in [2.05, 4.69) is 11.1 Å². The van der Waals surface area contributed by atoms with E-state index in [1.165, 1.54) is 6.92 Å². The number of fused-ring (bicyclic) bond motifs is 3. The summed E-state index contributed by atoms with van der Waals surface area (Å²) in [5, 5.41) is 10.3.